The number of benzene rings is 1. The first-order valence-electron chi connectivity index (χ1n) is 6.03. The largest absolute Gasteiger partial charge is 0.493 e. The molecule has 1 unspecified atom stereocenters. The highest BCUT2D eigenvalue weighted by Crippen LogP contribution is 2.32. The van der Waals surface area contributed by atoms with Crippen molar-refractivity contribution in [2.45, 2.75) is 6.04 Å². The minimum Gasteiger partial charge on any atom is -0.493 e. The predicted octanol–water partition coefficient (Wildman–Crippen LogP) is 1.55. The third-order valence-electron chi connectivity index (χ3n) is 2.95. The molecule has 0 bridgehead atoms. The molecular weight excluding hydrogens is 258 g/mol. The van der Waals surface area contributed by atoms with Crippen LogP contribution in [-0.4, -0.2) is 31.3 Å². The van der Waals surface area contributed by atoms with Crippen LogP contribution >= 0.6 is 0 Å². The van der Waals surface area contributed by atoms with Crippen LogP contribution in [0, 0.1) is 0 Å². The zero-order valence-corrected chi connectivity index (χ0v) is 11.7. The first-order valence-corrected chi connectivity index (χ1v) is 6.03. The van der Waals surface area contributed by atoms with Gasteiger partial charge in [0.25, 0.3) is 0 Å². The number of rotatable bonds is 5. The van der Waals surface area contributed by atoms with E-state index < -0.39 is 6.04 Å². The lowest BCUT2D eigenvalue weighted by Gasteiger charge is -2.16. The van der Waals surface area contributed by atoms with Crippen molar-refractivity contribution < 1.29 is 14.2 Å². The summed E-state index contributed by atoms with van der Waals surface area (Å²) in [6.45, 7) is 0. The molecule has 0 saturated heterocycles. The molecule has 0 radical (unpaired) electrons. The van der Waals surface area contributed by atoms with E-state index in [1.807, 2.05) is 12.1 Å². The fraction of sp³-hybridized carbons (Fsp3) is 0.286. The Bertz CT molecular complexity index is 590. The van der Waals surface area contributed by atoms with Crippen molar-refractivity contribution in [3.05, 3.63) is 41.9 Å². The third-order valence-corrected chi connectivity index (χ3v) is 2.95. The van der Waals surface area contributed by atoms with Crippen LogP contribution in [0.3, 0.4) is 0 Å². The SMILES string of the molecule is COc1ccc(C(N)c2nccnc2OC)cc1OC. The molecule has 0 aliphatic carbocycles. The maximum absolute atomic E-state index is 6.23. The lowest BCUT2D eigenvalue weighted by atomic mass is 10.0. The maximum Gasteiger partial charge on any atom is 0.237 e. The summed E-state index contributed by atoms with van der Waals surface area (Å²) >= 11 is 0. The average Bonchev–Trinajstić information content (AvgIpc) is 2.53. The van der Waals surface area contributed by atoms with Crippen LogP contribution in [0.15, 0.2) is 30.6 Å². The lowest BCUT2D eigenvalue weighted by molar-refractivity contribution is 0.354. The molecule has 2 aromatic rings. The van der Waals surface area contributed by atoms with Crippen LogP contribution in [-0.2, 0) is 0 Å². The van der Waals surface area contributed by atoms with Crippen molar-refractivity contribution in [3.8, 4) is 17.4 Å². The highest BCUT2D eigenvalue weighted by molar-refractivity contribution is 5.45. The Morgan fingerprint density at radius 2 is 1.65 bits per heavy atom. The molecule has 2 N–H and O–H groups in total. The minimum absolute atomic E-state index is 0.412. The van der Waals surface area contributed by atoms with Crippen LogP contribution < -0.4 is 19.9 Å². The molecule has 6 nitrogen and oxygen atoms in total. The van der Waals surface area contributed by atoms with Gasteiger partial charge in [0.1, 0.15) is 5.69 Å². The molecule has 0 aliphatic heterocycles. The summed E-state index contributed by atoms with van der Waals surface area (Å²) in [5.41, 5.74) is 7.64. The van der Waals surface area contributed by atoms with Crippen LogP contribution in [0.25, 0.3) is 0 Å². The Balaban J connectivity index is 2.40. The van der Waals surface area contributed by atoms with Crippen LogP contribution in [0.1, 0.15) is 17.3 Å². The Labute approximate surface area is 117 Å². The highest BCUT2D eigenvalue weighted by Gasteiger charge is 2.18. The Morgan fingerprint density at radius 1 is 0.950 bits per heavy atom. The fourth-order valence-corrected chi connectivity index (χ4v) is 1.91. The number of aromatic nitrogens is 2. The fourth-order valence-electron chi connectivity index (χ4n) is 1.91. The second-order valence-electron chi connectivity index (χ2n) is 4.04. The highest BCUT2D eigenvalue weighted by atomic mass is 16.5. The molecule has 0 saturated carbocycles. The molecule has 2 rings (SSSR count). The minimum atomic E-state index is -0.460. The zero-order chi connectivity index (χ0) is 14.5. The summed E-state index contributed by atoms with van der Waals surface area (Å²) in [7, 11) is 4.70. The van der Waals surface area contributed by atoms with Gasteiger partial charge in [-0.2, -0.15) is 0 Å². The zero-order valence-electron chi connectivity index (χ0n) is 11.7. The van der Waals surface area contributed by atoms with Crippen LogP contribution in [0.2, 0.25) is 0 Å². The van der Waals surface area contributed by atoms with Gasteiger partial charge in [-0.05, 0) is 17.7 Å². The summed E-state index contributed by atoms with van der Waals surface area (Å²) in [6, 6.07) is 5.02. The van der Waals surface area contributed by atoms with E-state index >= 15 is 0 Å². The molecule has 20 heavy (non-hydrogen) atoms. The number of ether oxygens (including phenoxy) is 3. The monoisotopic (exact) mass is 275 g/mol. The average molecular weight is 275 g/mol. The van der Waals surface area contributed by atoms with E-state index in [0.29, 0.717) is 23.1 Å². The van der Waals surface area contributed by atoms with Gasteiger partial charge in [0.05, 0.1) is 27.4 Å². The number of hydrogen-bond donors (Lipinski definition) is 1. The van der Waals surface area contributed by atoms with Gasteiger partial charge >= 0.3 is 0 Å². The Kier molecular flexibility index (Phi) is 4.37. The van der Waals surface area contributed by atoms with Gasteiger partial charge < -0.3 is 19.9 Å². The van der Waals surface area contributed by atoms with Gasteiger partial charge in [-0.3, -0.25) is 4.98 Å². The van der Waals surface area contributed by atoms with E-state index in [2.05, 4.69) is 9.97 Å². The number of nitrogens with two attached hydrogens (primary N) is 1. The van der Waals surface area contributed by atoms with Crippen molar-refractivity contribution in [2.75, 3.05) is 21.3 Å². The van der Waals surface area contributed by atoms with Gasteiger partial charge in [0.2, 0.25) is 5.88 Å². The maximum atomic E-state index is 6.23. The van der Waals surface area contributed by atoms with E-state index in [0.717, 1.165) is 5.56 Å². The van der Waals surface area contributed by atoms with Crippen molar-refractivity contribution in [2.24, 2.45) is 5.73 Å². The van der Waals surface area contributed by atoms with E-state index in [1.54, 1.807) is 32.7 Å². The van der Waals surface area contributed by atoms with Crippen molar-refractivity contribution in [3.63, 3.8) is 0 Å². The molecule has 6 heteroatoms. The molecular formula is C14H17N3O3. The summed E-state index contributed by atoms with van der Waals surface area (Å²) in [6.07, 6.45) is 3.14. The Morgan fingerprint density at radius 3 is 2.30 bits per heavy atom. The van der Waals surface area contributed by atoms with E-state index in [4.69, 9.17) is 19.9 Å². The first kappa shape index (κ1) is 14.1. The molecule has 0 aliphatic rings. The molecule has 0 fully saturated rings. The first-order chi connectivity index (χ1) is 9.71. The number of methoxy groups -OCH3 is 3. The van der Waals surface area contributed by atoms with E-state index in [9.17, 15) is 0 Å². The summed E-state index contributed by atoms with van der Waals surface area (Å²) in [5, 5.41) is 0. The normalized spacial score (nSPS) is 11.8. The molecule has 1 aromatic heterocycles. The molecule has 1 atom stereocenters. The van der Waals surface area contributed by atoms with Crippen molar-refractivity contribution in [1.82, 2.24) is 9.97 Å². The smallest absolute Gasteiger partial charge is 0.237 e. The quantitative estimate of drug-likeness (QED) is 0.891. The summed E-state index contributed by atoms with van der Waals surface area (Å²) in [5.74, 6) is 1.67. The second kappa shape index (κ2) is 6.21. The topological polar surface area (TPSA) is 79.5 Å². The van der Waals surface area contributed by atoms with Crippen molar-refractivity contribution >= 4 is 0 Å². The molecule has 106 valence electrons. The molecule has 0 spiro atoms. The van der Waals surface area contributed by atoms with E-state index in [-0.39, 0.29) is 0 Å². The predicted molar refractivity (Wildman–Crippen MR) is 74.2 cm³/mol. The van der Waals surface area contributed by atoms with Gasteiger partial charge in [-0.25, -0.2) is 4.98 Å². The van der Waals surface area contributed by atoms with Crippen LogP contribution in [0.4, 0.5) is 0 Å². The van der Waals surface area contributed by atoms with Crippen LogP contribution in [0.5, 0.6) is 17.4 Å². The molecule has 0 amide bonds. The Hall–Kier alpha value is -2.34. The number of hydrogen-bond acceptors (Lipinski definition) is 6. The van der Waals surface area contributed by atoms with Gasteiger partial charge in [-0.15, -0.1) is 0 Å². The third kappa shape index (κ3) is 2.65. The van der Waals surface area contributed by atoms with Crippen molar-refractivity contribution in [1.29, 1.82) is 0 Å². The summed E-state index contributed by atoms with van der Waals surface area (Å²) < 4.78 is 15.7. The number of nitrogens with zero attached hydrogens (tertiary/aromatic N) is 2. The molecule has 1 heterocycles. The van der Waals surface area contributed by atoms with Gasteiger partial charge in [0, 0.05) is 12.4 Å². The van der Waals surface area contributed by atoms with E-state index in [1.165, 1.54) is 7.11 Å². The van der Waals surface area contributed by atoms with Gasteiger partial charge in [0.15, 0.2) is 11.5 Å². The van der Waals surface area contributed by atoms with Gasteiger partial charge in [-0.1, -0.05) is 6.07 Å². The second-order valence-corrected chi connectivity index (χ2v) is 4.04. The lowest BCUT2D eigenvalue weighted by Crippen LogP contribution is -2.15. The molecule has 1 aromatic carbocycles. The summed E-state index contributed by atoms with van der Waals surface area (Å²) in [4.78, 5) is 8.34. The standard InChI is InChI=1S/C14H17N3O3/c1-18-10-5-4-9(8-11(10)19-2)12(15)13-14(20-3)17-7-6-16-13/h4-8,12H,15H2,1-3H3.